The van der Waals surface area contributed by atoms with Gasteiger partial charge in [0.05, 0.1) is 18.9 Å². The van der Waals surface area contributed by atoms with Crippen LogP contribution in [0.4, 0.5) is 0 Å². The molecule has 0 saturated heterocycles. The second kappa shape index (κ2) is 6.09. The average Bonchev–Trinajstić information content (AvgIpc) is 2.80. The molecule has 2 rings (SSSR count). The van der Waals surface area contributed by atoms with Crippen molar-refractivity contribution >= 4 is 5.78 Å². The molecule has 2 heterocycles. The lowest BCUT2D eigenvalue weighted by atomic mass is 9.92. The molecule has 6 heteroatoms. The number of aromatic nitrogens is 3. The molecule has 0 spiro atoms. The normalized spacial score (nSPS) is 12.5. The van der Waals surface area contributed by atoms with Gasteiger partial charge >= 0.3 is 0 Å². The summed E-state index contributed by atoms with van der Waals surface area (Å²) < 4.78 is 1.98. The molecule has 0 aliphatic heterocycles. The number of aliphatic hydroxyl groups is 2. The maximum atomic E-state index is 9.37. The molecular weight excluding hydrogens is 268 g/mol. The summed E-state index contributed by atoms with van der Waals surface area (Å²) in [7, 11) is 1.96. The molecule has 21 heavy (non-hydrogen) atoms. The second-order valence-corrected chi connectivity index (χ2v) is 6.24. The molecule has 2 aromatic rings. The molecule has 0 aliphatic rings. The van der Waals surface area contributed by atoms with E-state index in [4.69, 9.17) is 0 Å². The summed E-state index contributed by atoms with van der Waals surface area (Å²) in [5, 5.41) is 18.7. The van der Waals surface area contributed by atoms with Crippen LogP contribution in [0.3, 0.4) is 0 Å². The van der Waals surface area contributed by atoms with Crippen molar-refractivity contribution in [1.82, 2.24) is 19.3 Å². The van der Waals surface area contributed by atoms with Gasteiger partial charge in [-0.2, -0.15) is 0 Å². The first kappa shape index (κ1) is 15.9. The third-order valence-corrected chi connectivity index (χ3v) is 3.66. The highest BCUT2D eigenvalue weighted by Gasteiger charge is 2.24. The van der Waals surface area contributed by atoms with E-state index in [1.165, 1.54) is 0 Å². The van der Waals surface area contributed by atoms with Gasteiger partial charge in [-0.25, -0.2) is 9.97 Å². The van der Waals surface area contributed by atoms with Crippen molar-refractivity contribution in [2.45, 2.75) is 27.3 Å². The van der Waals surface area contributed by atoms with Crippen LogP contribution in [0.5, 0.6) is 0 Å². The molecule has 0 fully saturated rings. The van der Waals surface area contributed by atoms with E-state index in [9.17, 15) is 10.2 Å². The molecule has 0 aliphatic carbocycles. The number of imidazole rings is 1. The van der Waals surface area contributed by atoms with Gasteiger partial charge in [-0.3, -0.25) is 9.30 Å². The van der Waals surface area contributed by atoms with Crippen molar-refractivity contribution in [1.29, 1.82) is 0 Å². The lowest BCUT2D eigenvalue weighted by molar-refractivity contribution is 0.0399. The van der Waals surface area contributed by atoms with Gasteiger partial charge in [0.25, 0.3) is 0 Å². The number of hydrogen-bond acceptors (Lipinski definition) is 5. The lowest BCUT2D eigenvalue weighted by Crippen LogP contribution is -2.38. The van der Waals surface area contributed by atoms with Gasteiger partial charge in [0.1, 0.15) is 0 Å². The summed E-state index contributed by atoms with van der Waals surface area (Å²) in [6.07, 6.45) is 1.99. The van der Waals surface area contributed by atoms with Crippen LogP contribution in [-0.2, 0) is 6.54 Å². The molecule has 2 aromatic heterocycles. The molecule has 0 saturated carbocycles. The summed E-state index contributed by atoms with van der Waals surface area (Å²) >= 11 is 0. The molecule has 0 bridgehead atoms. The van der Waals surface area contributed by atoms with Gasteiger partial charge in [-0.15, -0.1) is 0 Å². The number of aliphatic hydroxyl groups excluding tert-OH is 2. The summed E-state index contributed by atoms with van der Waals surface area (Å²) in [4.78, 5) is 11.0. The fourth-order valence-corrected chi connectivity index (χ4v) is 2.53. The van der Waals surface area contributed by atoms with E-state index in [1.807, 2.05) is 44.5 Å². The molecule has 0 aromatic carbocycles. The molecule has 0 amide bonds. The average molecular weight is 292 g/mol. The SMILES string of the molecule is Cc1cc(C)n2cc(CN(C)CC(C)(CO)CO)nc2n1. The van der Waals surface area contributed by atoms with E-state index < -0.39 is 5.41 Å². The van der Waals surface area contributed by atoms with Crippen molar-refractivity contribution in [2.75, 3.05) is 26.8 Å². The Morgan fingerprint density at radius 3 is 2.52 bits per heavy atom. The highest BCUT2D eigenvalue weighted by Crippen LogP contribution is 2.17. The van der Waals surface area contributed by atoms with E-state index in [0.29, 0.717) is 18.9 Å². The van der Waals surface area contributed by atoms with Gasteiger partial charge in [0.15, 0.2) is 0 Å². The molecule has 2 N–H and O–H groups in total. The van der Waals surface area contributed by atoms with Crippen LogP contribution in [0.25, 0.3) is 5.78 Å². The van der Waals surface area contributed by atoms with Gasteiger partial charge in [-0.05, 0) is 27.0 Å². The molecule has 0 unspecified atom stereocenters. The van der Waals surface area contributed by atoms with Crippen LogP contribution in [0, 0.1) is 19.3 Å². The van der Waals surface area contributed by atoms with E-state index in [1.54, 1.807) is 0 Å². The van der Waals surface area contributed by atoms with E-state index in [-0.39, 0.29) is 13.2 Å². The standard InChI is InChI=1S/C15H24N4O2/c1-11-5-12(2)19-7-13(17-14(19)16-11)6-18(4)8-15(3,9-20)10-21/h5,7,20-21H,6,8-10H2,1-4H3. The zero-order valence-corrected chi connectivity index (χ0v) is 13.2. The minimum Gasteiger partial charge on any atom is -0.396 e. The fourth-order valence-electron chi connectivity index (χ4n) is 2.53. The predicted octanol–water partition coefficient (Wildman–Crippen LogP) is 0.769. The number of nitrogens with zero attached hydrogens (tertiary/aromatic N) is 4. The van der Waals surface area contributed by atoms with E-state index >= 15 is 0 Å². The van der Waals surface area contributed by atoms with Crippen molar-refractivity contribution in [3.8, 4) is 0 Å². The van der Waals surface area contributed by atoms with Crippen LogP contribution in [0.1, 0.15) is 24.0 Å². The third kappa shape index (κ3) is 3.58. The van der Waals surface area contributed by atoms with Crippen molar-refractivity contribution < 1.29 is 10.2 Å². The Hall–Kier alpha value is -1.50. The number of hydrogen-bond donors (Lipinski definition) is 2. The Bertz CT molecular complexity index is 619. The Kier molecular flexibility index (Phi) is 4.61. The molecule has 0 atom stereocenters. The Balaban J connectivity index is 2.15. The van der Waals surface area contributed by atoms with Crippen LogP contribution in [-0.4, -0.2) is 56.3 Å². The highest BCUT2D eigenvalue weighted by atomic mass is 16.3. The Morgan fingerprint density at radius 2 is 1.90 bits per heavy atom. The van der Waals surface area contributed by atoms with Crippen LogP contribution < -0.4 is 0 Å². The first-order chi connectivity index (χ1) is 9.86. The zero-order chi connectivity index (χ0) is 15.6. The first-order valence-electron chi connectivity index (χ1n) is 7.09. The summed E-state index contributed by atoms with van der Waals surface area (Å²) in [5.41, 5.74) is 2.49. The van der Waals surface area contributed by atoms with Crippen LogP contribution >= 0.6 is 0 Å². The third-order valence-electron chi connectivity index (χ3n) is 3.66. The molecule has 116 valence electrons. The summed E-state index contributed by atoms with van der Waals surface area (Å²) in [6.45, 7) is 7.02. The van der Waals surface area contributed by atoms with Crippen molar-refractivity contribution in [3.05, 3.63) is 29.3 Å². The minimum atomic E-state index is -0.501. The first-order valence-corrected chi connectivity index (χ1v) is 7.09. The summed E-state index contributed by atoms with van der Waals surface area (Å²) in [6, 6.07) is 2.02. The predicted molar refractivity (Wildman–Crippen MR) is 81.1 cm³/mol. The lowest BCUT2D eigenvalue weighted by Gasteiger charge is -2.29. The van der Waals surface area contributed by atoms with E-state index in [2.05, 4.69) is 14.9 Å². The Labute approximate surface area is 125 Å². The van der Waals surface area contributed by atoms with Gasteiger partial charge in [-0.1, -0.05) is 6.92 Å². The zero-order valence-electron chi connectivity index (χ0n) is 13.2. The molecular formula is C15H24N4O2. The van der Waals surface area contributed by atoms with Crippen molar-refractivity contribution in [2.24, 2.45) is 5.41 Å². The topological polar surface area (TPSA) is 73.9 Å². The number of fused-ring (bicyclic) bond motifs is 1. The monoisotopic (exact) mass is 292 g/mol. The molecule has 0 radical (unpaired) electrons. The minimum absolute atomic E-state index is 0.0428. The fraction of sp³-hybridized carbons (Fsp3) is 0.600. The quantitative estimate of drug-likeness (QED) is 0.822. The van der Waals surface area contributed by atoms with Crippen molar-refractivity contribution in [3.63, 3.8) is 0 Å². The molecule has 6 nitrogen and oxygen atoms in total. The van der Waals surface area contributed by atoms with Gasteiger partial charge < -0.3 is 10.2 Å². The Morgan fingerprint density at radius 1 is 1.24 bits per heavy atom. The second-order valence-electron chi connectivity index (χ2n) is 6.24. The summed E-state index contributed by atoms with van der Waals surface area (Å²) in [5.74, 6) is 0.711. The number of rotatable bonds is 6. The maximum absolute atomic E-state index is 9.37. The van der Waals surface area contributed by atoms with Crippen LogP contribution in [0.2, 0.25) is 0 Å². The maximum Gasteiger partial charge on any atom is 0.234 e. The van der Waals surface area contributed by atoms with Gasteiger partial charge in [0, 0.05) is 36.1 Å². The van der Waals surface area contributed by atoms with Gasteiger partial charge in [0.2, 0.25) is 5.78 Å². The number of aryl methyl sites for hydroxylation is 2. The van der Waals surface area contributed by atoms with Crippen LogP contribution in [0.15, 0.2) is 12.3 Å². The van der Waals surface area contributed by atoms with E-state index in [0.717, 1.165) is 17.1 Å². The largest absolute Gasteiger partial charge is 0.396 e. The highest BCUT2D eigenvalue weighted by molar-refractivity contribution is 5.34. The smallest absolute Gasteiger partial charge is 0.234 e.